The highest BCUT2D eigenvalue weighted by Gasteiger charge is 2.21. The topological polar surface area (TPSA) is 53.6 Å². The standard InChI is InChI=1S/C9H14N4S/c1-9(6-10,11-2)7-14-8-4-12-13(3)5-8/h4-5,11H,7H2,1-3H3. The van der Waals surface area contributed by atoms with E-state index < -0.39 is 5.54 Å². The summed E-state index contributed by atoms with van der Waals surface area (Å²) in [6.07, 6.45) is 3.75. The lowest BCUT2D eigenvalue weighted by atomic mass is 10.1. The van der Waals surface area contributed by atoms with Crippen LogP contribution in [-0.2, 0) is 7.05 Å². The molecular formula is C9H14N4S. The largest absolute Gasteiger partial charge is 0.302 e. The highest BCUT2D eigenvalue weighted by atomic mass is 32.2. The molecule has 0 radical (unpaired) electrons. The van der Waals surface area contributed by atoms with E-state index >= 15 is 0 Å². The maximum absolute atomic E-state index is 8.92. The fourth-order valence-electron chi connectivity index (χ4n) is 0.861. The lowest BCUT2D eigenvalue weighted by Crippen LogP contribution is -2.40. The van der Waals surface area contributed by atoms with E-state index in [1.807, 2.05) is 20.2 Å². The number of rotatable bonds is 4. The zero-order valence-corrected chi connectivity index (χ0v) is 9.43. The third-order valence-corrected chi connectivity index (χ3v) is 3.27. The minimum Gasteiger partial charge on any atom is -0.302 e. The van der Waals surface area contributed by atoms with E-state index in [0.29, 0.717) is 5.75 Å². The predicted octanol–water partition coefficient (Wildman–Crippen LogP) is 1.01. The van der Waals surface area contributed by atoms with Gasteiger partial charge in [-0.25, -0.2) is 0 Å². The Labute approximate surface area is 88.3 Å². The molecule has 1 atom stereocenters. The summed E-state index contributed by atoms with van der Waals surface area (Å²) in [5.41, 5.74) is -0.472. The molecule has 4 nitrogen and oxygen atoms in total. The minimum atomic E-state index is -0.472. The molecule has 0 spiro atoms. The second-order valence-corrected chi connectivity index (χ2v) is 4.38. The van der Waals surface area contributed by atoms with Crippen molar-refractivity contribution in [2.45, 2.75) is 17.4 Å². The third kappa shape index (κ3) is 2.76. The summed E-state index contributed by atoms with van der Waals surface area (Å²) in [4.78, 5) is 1.09. The molecule has 0 aromatic carbocycles. The van der Waals surface area contributed by atoms with Gasteiger partial charge >= 0.3 is 0 Å². The van der Waals surface area contributed by atoms with Gasteiger partial charge in [0.1, 0.15) is 5.54 Å². The van der Waals surface area contributed by atoms with Gasteiger partial charge in [-0.2, -0.15) is 10.4 Å². The van der Waals surface area contributed by atoms with Crippen LogP contribution in [0.2, 0.25) is 0 Å². The average molecular weight is 210 g/mol. The molecule has 1 heterocycles. The Morgan fingerprint density at radius 3 is 2.93 bits per heavy atom. The van der Waals surface area contributed by atoms with Crippen molar-refractivity contribution in [2.75, 3.05) is 12.8 Å². The van der Waals surface area contributed by atoms with Gasteiger partial charge in [0.15, 0.2) is 0 Å². The monoisotopic (exact) mass is 210 g/mol. The maximum Gasteiger partial charge on any atom is 0.113 e. The Hall–Kier alpha value is -0.990. The molecule has 1 rings (SSSR count). The van der Waals surface area contributed by atoms with E-state index in [4.69, 9.17) is 5.26 Å². The van der Waals surface area contributed by atoms with Gasteiger partial charge in [-0.3, -0.25) is 4.68 Å². The van der Waals surface area contributed by atoms with Gasteiger partial charge in [-0.05, 0) is 14.0 Å². The van der Waals surface area contributed by atoms with E-state index in [2.05, 4.69) is 16.5 Å². The first-order valence-electron chi connectivity index (χ1n) is 4.31. The summed E-state index contributed by atoms with van der Waals surface area (Å²) in [5.74, 6) is 0.714. The molecule has 76 valence electrons. The van der Waals surface area contributed by atoms with E-state index in [1.54, 1.807) is 29.7 Å². The van der Waals surface area contributed by atoms with Crippen LogP contribution < -0.4 is 5.32 Å². The molecule has 1 aromatic heterocycles. The molecule has 0 aliphatic carbocycles. The maximum atomic E-state index is 8.92. The van der Waals surface area contributed by atoms with Crippen LogP contribution >= 0.6 is 11.8 Å². The van der Waals surface area contributed by atoms with Gasteiger partial charge in [0.2, 0.25) is 0 Å². The van der Waals surface area contributed by atoms with Crippen LogP contribution in [0.5, 0.6) is 0 Å². The summed E-state index contributed by atoms with van der Waals surface area (Å²) in [5, 5.41) is 16.0. The fourth-order valence-corrected chi connectivity index (χ4v) is 1.87. The molecule has 0 bridgehead atoms. The fraction of sp³-hybridized carbons (Fsp3) is 0.556. The molecule has 0 saturated carbocycles. The summed E-state index contributed by atoms with van der Waals surface area (Å²) in [6, 6.07) is 2.25. The van der Waals surface area contributed by atoms with Gasteiger partial charge in [0.25, 0.3) is 0 Å². The predicted molar refractivity (Wildman–Crippen MR) is 57.0 cm³/mol. The molecule has 0 aliphatic heterocycles. The number of aryl methyl sites for hydroxylation is 1. The number of nitrogens with zero attached hydrogens (tertiary/aromatic N) is 3. The van der Waals surface area contributed by atoms with E-state index in [0.717, 1.165) is 4.90 Å². The van der Waals surface area contributed by atoms with Crippen molar-refractivity contribution in [1.82, 2.24) is 15.1 Å². The molecule has 0 amide bonds. The van der Waals surface area contributed by atoms with Crippen molar-refractivity contribution >= 4 is 11.8 Å². The smallest absolute Gasteiger partial charge is 0.113 e. The Morgan fingerprint density at radius 1 is 1.79 bits per heavy atom. The molecule has 0 saturated heterocycles. The number of nitriles is 1. The number of thioether (sulfide) groups is 1. The Balaban J connectivity index is 2.52. The van der Waals surface area contributed by atoms with Crippen LogP contribution in [0.25, 0.3) is 0 Å². The lowest BCUT2D eigenvalue weighted by Gasteiger charge is -2.19. The number of hydrogen-bond donors (Lipinski definition) is 1. The number of hydrogen-bond acceptors (Lipinski definition) is 4. The Morgan fingerprint density at radius 2 is 2.50 bits per heavy atom. The first-order valence-corrected chi connectivity index (χ1v) is 5.30. The highest BCUT2D eigenvalue weighted by molar-refractivity contribution is 7.99. The first-order chi connectivity index (χ1) is 6.59. The zero-order chi connectivity index (χ0) is 10.6. The van der Waals surface area contributed by atoms with Crippen molar-refractivity contribution in [3.8, 4) is 6.07 Å². The van der Waals surface area contributed by atoms with Crippen LogP contribution in [0, 0.1) is 11.3 Å². The zero-order valence-electron chi connectivity index (χ0n) is 8.61. The summed E-state index contributed by atoms with van der Waals surface area (Å²) >= 11 is 1.63. The van der Waals surface area contributed by atoms with E-state index in [9.17, 15) is 0 Å². The highest BCUT2D eigenvalue weighted by Crippen LogP contribution is 2.21. The van der Waals surface area contributed by atoms with Gasteiger partial charge in [-0.1, -0.05) is 0 Å². The van der Waals surface area contributed by atoms with Crippen LogP contribution in [0.15, 0.2) is 17.3 Å². The van der Waals surface area contributed by atoms with Crippen molar-refractivity contribution in [3.63, 3.8) is 0 Å². The van der Waals surface area contributed by atoms with E-state index in [1.165, 1.54) is 0 Å². The van der Waals surface area contributed by atoms with Crippen molar-refractivity contribution in [3.05, 3.63) is 12.4 Å². The normalized spacial score (nSPS) is 14.7. The van der Waals surface area contributed by atoms with Gasteiger partial charge in [0.05, 0.1) is 12.3 Å². The van der Waals surface area contributed by atoms with Gasteiger partial charge in [0, 0.05) is 23.9 Å². The molecule has 5 heteroatoms. The molecular weight excluding hydrogens is 196 g/mol. The van der Waals surface area contributed by atoms with Crippen LogP contribution in [0.4, 0.5) is 0 Å². The third-order valence-electron chi connectivity index (χ3n) is 2.01. The van der Waals surface area contributed by atoms with Crippen molar-refractivity contribution in [2.24, 2.45) is 7.05 Å². The summed E-state index contributed by atoms with van der Waals surface area (Å²) < 4.78 is 1.76. The van der Waals surface area contributed by atoms with Gasteiger partial charge in [-0.15, -0.1) is 11.8 Å². The SMILES string of the molecule is CNC(C)(C#N)CSc1cnn(C)c1. The molecule has 0 fully saturated rings. The first kappa shape index (κ1) is 11.1. The van der Waals surface area contributed by atoms with Crippen LogP contribution in [-0.4, -0.2) is 28.1 Å². The Kier molecular flexibility index (Phi) is 3.55. The van der Waals surface area contributed by atoms with Crippen molar-refractivity contribution in [1.29, 1.82) is 5.26 Å². The lowest BCUT2D eigenvalue weighted by molar-refractivity contribution is 0.550. The second kappa shape index (κ2) is 4.49. The van der Waals surface area contributed by atoms with Crippen LogP contribution in [0.3, 0.4) is 0 Å². The quantitative estimate of drug-likeness (QED) is 0.754. The minimum absolute atomic E-state index is 0.472. The average Bonchev–Trinajstić information content (AvgIpc) is 2.61. The van der Waals surface area contributed by atoms with Crippen LogP contribution in [0.1, 0.15) is 6.92 Å². The molecule has 14 heavy (non-hydrogen) atoms. The number of aromatic nitrogens is 2. The summed E-state index contributed by atoms with van der Waals surface area (Å²) in [7, 11) is 3.68. The molecule has 1 N–H and O–H groups in total. The van der Waals surface area contributed by atoms with E-state index in [-0.39, 0.29) is 0 Å². The molecule has 1 unspecified atom stereocenters. The Bertz CT molecular complexity index is 341. The molecule has 0 aliphatic rings. The second-order valence-electron chi connectivity index (χ2n) is 3.33. The van der Waals surface area contributed by atoms with Gasteiger partial charge < -0.3 is 5.32 Å². The molecule has 1 aromatic rings. The number of nitrogens with one attached hydrogen (secondary N) is 1. The van der Waals surface area contributed by atoms with Crippen molar-refractivity contribution < 1.29 is 0 Å². The summed E-state index contributed by atoms with van der Waals surface area (Å²) in [6.45, 7) is 1.89.